The van der Waals surface area contributed by atoms with Crippen molar-refractivity contribution in [3.05, 3.63) is 48.6 Å². The molecule has 6 nitrogen and oxygen atoms in total. The smallest absolute Gasteiger partial charge is 0.306 e. The zero-order valence-corrected chi connectivity index (χ0v) is 46.8. The van der Waals surface area contributed by atoms with Gasteiger partial charge in [0.15, 0.2) is 6.10 Å². The quantitative estimate of drug-likeness (QED) is 0.0261. The van der Waals surface area contributed by atoms with Gasteiger partial charge in [-0.2, -0.15) is 0 Å². The summed E-state index contributed by atoms with van der Waals surface area (Å²) in [6.07, 6.45) is 72.8. The van der Waals surface area contributed by atoms with E-state index in [0.717, 1.165) is 77.0 Å². The second-order valence-corrected chi connectivity index (χ2v) is 20.6. The van der Waals surface area contributed by atoms with E-state index in [9.17, 15) is 14.4 Å². The van der Waals surface area contributed by atoms with Gasteiger partial charge in [-0.3, -0.25) is 14.4 Å². The molecule has 0 aromatic rings. The Hall–Kier alpha value is -2.63. The lowest BCUT2D eigenvalue weighted by atomic mass is 10.0. The molecule has 0 saturated heterocycles. The first-order valence-electron chi connectivity index (χ1n) is 30.6. The maximum Gasteiger partial charge on any atom is 0.306 e. The lowest BCUT2D eigenvalue weighted by molar-refractivity contribution is -0.167. The number of hydrogen-bond donors (Lipinski definition) is 0. The molecule has 1 unspecified atom stereocenters. The Bertz CT molecular complexity index is 1220. The Morgan fingerprint density at radius 1 is 0.300 bits per heavy atom. The van der Waals surface area contributed by atoms with Gasteiger partial charge in [-0.1, -0.05) is 294 Å². The van der Waals surface area contributed by atoms with Crippen LogP contribution in [0, 0.1) is 0 Å². The van der Waals surface area contributed by atoms with Gasteiger partial charge in [-0.25, -0.2) is 0 Å². The van der Waals surface area contributed by atoms with Crippen molar-refractivity contribution in [1.82, 2.24) is 0 Å². The topological polar surface area (TPSA) is 78.9 Å². The average molecular weight is 982 g/mol. The third-order valence-corrected chi connectivity index (χ3v) is 13.6. The molecule has 0 aromatic heterocycles. The summed E-state index contributed by atoms with van der Waals surface area (Å²) in [5.41, 5.74) is 0. The molecule has 0 aliphatic carbocycles. The highest BCUT2D eigenvalue weighted by molar-refractivity contribution is 5.71. The highest BCUT2D eigenvalue weighted by Crippen LogP contribution is 2.17. The highest BCUT2D eigenvalue weighted by atomic mass is 16.6. The van der Waals surface area contributed by atoms with Crippen LogP contribution in [-0.4, -0.2) is 37.2 Å². The molecule has 0 amide bonds. The van der Waals surface area contributed by atoms with Crippen LogP contribution in [-0.2, 0) is 28.6 Å². The van der Waals surface area contributed by atoms with Crippen molar-refractivity contribution < 1.29 is 28.6 Å². The van der Waals surface area contributed by atoms with Gasteiger partial charge in [-0.15, -0.1) is 0 Å². The van der Waals surface area contributed by atoms with E-state index in [-0.39, 0.29) is 37.5 Å². The molecule has 0 N–H and O–H groups in total. The van der Waals surface area contributed by atoms with Crippen molar-refractivity contribution in [3.8, 4) is 0 Å². The number of allylic oxidation sites excluding steroid dienone is 8. The van der Waals surface area contributed by atoms with Gasteiger partial charge in [0.1, 0.15) is 13.2 Å². The van der Waals surface area contributed by atoms with Crippen LogP contribution >= 0.6 is 0 Å². The highest BCUT2D eigenvalue weighted by Gasteiger charge is 2.19. The monoisotopic (exact) mass is 981 g/mol. The lowest BCUT2D eigenvalue weighted by Crippen LogP contribution is -2.30. The Labute approximate surface area is 435 Å². The zero-order valence-electron chi connectivity index (χ0n) is 46.8. The number of esters is 3. The third-order valence-electron chi connectivity index (χ3n) is 13.6. The maximum absolute atomic E-state index is 12.8. The van der Waals surface area contributed by atoms with Gasteiger partial charge in [0.2, 0.25) is 0 Å². The summed E-state index contributed by atoms with van der Waals surface area (Å²) in [5.74, 6) is -0.912. The fourth-order valence-corrected chi connectivity index (χ4v) is 9.02. The molecule has 0 aliphatic heterocycles. The first-order valence-corrected chi connectivity index (χ1v) is 30.6. The van der Waals surface area contributed by atoms with Crippen molar-refractivity contribution in [1.29, 1.82) is 0 Å². The predicted molar refractivity (Wildman–Crippen MR) is 302 cm³/mol. The Morgan fingerprint density at radius 3 is 0.871 bits per heavy atom. The van der Waals surface area contributed by atoms with Crippen LogP contribution in [0.3, 0.4) is 0 Å². The fraction of sp³-hybridized carbons (Fsp3) is 0.828. The van der Waals surface area contributed by atoms with Gasteiger partial charge < -0.3 is 14.2 Å². The van der Waals surface area contributed by atoms with Crippen molar-refractivity contribution >= 4 is 17.9 Å². The molecule has 0 radical (unpaired) electrons. The molecule has 1 atom stereocenters. The number of carbonyl (C=O) groups is 3. The van der Waals surface area contributed by atoms with Crippen LogP contribution in [0.15, 0.2) is 48.6 Å². The normalized spacial score (nSPS) is 12.3. The second-order valence-electron chi connectivity index (χ2n) is 20.6. The number of unbranched alkanes of at least 4 members (excludes halogenated alkanes) is 37. The molecule has 0 bridgehead atoms. The van der Waals surface area contributed by atoms with Crippen LogP contribution in [0.1, 0.15) is 323 Å². The van der Waals surface area contributed by atoms with Gasteiger partial charge in [0.05, 0.1) is 0 Å². The van der Waals surface area contributed by atoms with Crippen molar-refractivity contribution in [2.45, 2.75) is 329 Å². The van der Waals surface area contributed by atoms with E-state index in [4.69, 9.17) is 14.2 Å². The van der Waals surface area contributed by atoms with Gasteiger partial charge in [0, 0.05) is 19.3 Å². The van der Waals surface area contributed by atoms with Crippen molar-refractivity contribution in [2.24, 2.45) is 0 Å². The third kappa shape index (κ3) is 56.3. The van der Waals surface area contributed by atoms with E-state index < -0.39 is 6.10 Å². The molecule has 6 heteroatoms. The summed E-state index contributed by atoms with van der Waals surface area (Å²) in [4.78, 5) is 38.1. The summed E-state index contributed by atoms with van der Waals surface area (Å²) in [7, 11) is 0. The molecule has 0 spiro atoms. The van der Waals surface area contributed by atoms with Crippen molar-refractivity contribution in [3.63, 3.8) is 0 Å². The second kappa shape index (κ2) is 58.9. The van der Waals surface area contributed by atoms with Crippen LogP contribution in [0.5, 0.6) is 0 Å². The van der Waals surface area contributed by atoms with Crippen LogP contribution < -0.4 is 0 Å². The van der Waals surface area contributed by atoms with Gasteiger partial charge >= 0.3 is 17.9 Å². The summed E-state index contributed by atoms with van der Waals surface area (Å²) in [6, 6.07) is 0. The average Bonchev–Trinajstić information content (AvgIpc) is 3.36. The number of rotatable bonds is 56. The fourth-order valence-electron chi connectivity index (χ4n) is 9.02. The lowest BCUT2D eigenvalue weighted by Gasteiger charge is -2.18. The predicted octanol–water partition coefficient (Wildman–Crippen LogP) is 20.6. The minimum atomic E-state index is -0.791. The number of carbonyl (C=O) groups excluding carboxylic acids is 3. The molecular formula is C64H116O6. The standard InChI is InChI=1S/C64H116O6/c1-4-7-10-13-16-19-22-24-26-27-28-29-30-31-32-33-34-35-36-38-39-42-45-48-51-54-57-63(66)69-60-61(59-68-62(65)56-53-50-47-44-41-21-18-15-12-9-6-3)70-64(67)58-55-52-49-46-43-40-37-25-23-20-17-14-11-8-5-2/h8,11,17,20,25,37,43,46,61H,4-7,9-10,12-16,18-19,21-24,26-36,38-42,44-45,47-60H2,1-3H3/b11-8-,20-17-,37-25-,46-43-. The molecule has 0 aromatic carbocycles. The van der Waals surface area contributed by atoms with E-state index >= 15 is 0 Å². The van der Waals surface area contributed by atoms with Crippen LogP contribution in [0.25, 0.3) is 0 Å². The molecule has 0 fully saturated rings. The first-order chi connectivity index (χ1) is 34.5. The van der Waals surface area contributed by atoms with Gasteiger partial charge in [0.25, 0.3) is 0 Å². The zero-order chi connectivity index (χ0) is 50.7. The minimum absolute atomic E-state index is 0.0856. The number of ether oxygens (including phenoxy) is 3. The first kappa shape index (κ1) is 67.4. The number of hydrogen-bond acceptors (Lipinski definition) is 6. The van der Waals surface area contributed by atoms with Gasteiger partial charge in [-0.05, 0) is 57.8 Å². The van der Waals surface area contributed by atoms with E-state index in [1.165, 1.54) is 199 Å². The van der Waals surface area contributed by atoms with Crippen LogP contribution in [0.2, 0.25) is 0 Å². The van der Waals surface area contributed by atoms with E-state index in [1.807, 2.05) is 0 Å². The molecule has 0 rings (SSSR count). The molecule has 408 valence electrons. The SMILES string of the molecule is CC/C=C\C/C=C\C/C=C\C/C=C\CCCCC(=O)OC(COC(=O)CCCCCCCCCCCCC)COC(=O)CCCCCCCCCCCCCCCCCCCCCCCCCCCC. The summed E-state index contributed by atoms with van der Waals surface area (Å²) in [6.45, 7) is 6.53. The summed E-state index contributed by atoms with van der Waals surface area (Å²) >= 11 is 0. The van der Waals surface area contributed by atoms with Crippen molar-refractivity contribution in [2.75, 3.05) is 13.2 Å². The Kier molecular flexibility index (Phi) is 56.7. The Morgan fingerprint density at radius 2 is 0.557 bits per heavy atom. The molecule has 0 saturated carbocycles. The van der Waals surface area contributed by atoms with E-state index in [2.05, 4.69) is 69.4 Å². The molecule has 0 heterocycles. The molecule has 0 aliphatic rings. The molecular weight excluding hydrogens is 865 g/mol. The summed E-state index contributed by atoms with van der Waals surface area (Å²) in [5, 5.41) is 0. The molecule has 70 heavy (non-hydrogen) atoms. The largest absolute Gasteiger partial charge is 0.462 e. The van der Waals surface area contributed by atoms with E-state index in [0.29, 0.717) is 19.3 Å². The Balaban J connectivity index is 4.20. The van der Waals surface area contributed by atoms with Crippen LogP contribution in [0.4, 0.5) is 0 Å². The minimum Gasteiger partial charge on any atom is -0.462 e. The van der Waals surface area contributed by atoms with E-state index in [1.54, 1.807) is 0 Å². The summed E-state index contributed by atoms with van der Waals surface area (Å²) < 4.78 is 16.8. The maximum atomic E-state index is 12.8.